The van der Waals surface area contributed by atoms with Crippen LogP contribution in [0.1, 0.15) is 0 Å². The number of hydrogen-bond donors (Lipinski definition) is 1. The van der Waals surface area contributed by atoms with E-state index in [1.807, 2.05) is 0 Å². The van der Waals surface area contributed by atoms with Crippen molar-refractivity contribution >= 4 is 43.2 Å². The molecule has 4 nitrogen and oxygen atoms in total. The van der Waals surface area contributed by atoms with Gasteiger partial charge in [-0.1, -0.05) is 27.5 Å². The van der Waals surface area contributed by atoms with Crippen molar-refractivity contribution in [3.8, 4) is 5.75 Å². The van der Waals surface area contributed by atoms with Gasteiger partial charge >= 0.3 is 0 Å². The Labute approximate surface area is 130 Å². The molecule has 2 aromatic carbocycles. The molecule has 20 heavy (non-hydrogen) atoms. The van der Waals surface area contributed by atoms with Gasteiger partial charge in [0.15, 0.2) is 0 Å². The molecule has 0 saturated heterocycles. The second-order valence-corrected chi connectivity index (χ2v) is 6.91. The molecule has 0 unspecified atom stereocenters. The zero-order valence-electron chi connectivity index (χ0n) is 10.4. The number of sulfonamides is 1. The van der Waals surface area contributed by atoms with Crippen LogP contribution < -0.4 is 9.46 Å². The van der Waals surface area contributed by atoms with E-state index in [4.69, 9.17) is 16.3 Å². The third-order valence-corrected chi connectivity index (χ3v) is 4.73. The van der Waals surface area contributed by atoms with Gasteiger partial charge in [-0.05, 0) is 42.5 Å². The summed E-state index contributed by atoms with van der Waals surface area (Å²) < 4.78 is 32.8. The number of rotatable bonds is 4. The van der Waals surface area contributed by atoms with Gasteiger partial charge in [-0.3, -0.25) is 4.72 Å². The maximum Gasteiger partial charge on any atom is 0.261 e. The van der Waals surface area contributed by atoms with Crippen molar-refractivity contribution in [3.63, 3.8) is 0 Å². The van der Waals surface area contributed by atoms with E-state index in [1.54, 1.807) is 24.3 Å². The zero-order valence-corrected chi connectivity index (χ0v) is 13.6. The van der Waals surface area contributed by atoms with Crippen LogP contribution in [-0.4, -0.2) is 15.5 Å². The molecule has 106 valence electrons. The van der Waals surface area contributed by atoms with Crippen molar-refractivity contribution in [3.05, 3.63) is 52.0 Å². The normalized spacial score (nSPS) is 11.2. The molecular formula is C13H11BrClNO3S. The largest absolute Gasteiger partial charge is 0.495 e. The maximum atomic E-state index is 12.2. The topological polar surface area (TPSA) is 55.4 Å². The fourth-order valence-corrected chi connectivity index (χ4v) is 3.22. The van der Waals surface area contributed by atoms with Gasteiger partial charge in [0.25, 0.3) is 10.0 Å². The number of benzene rings is 2. The van der Waals surface area contributed by atoms with E-state index in [1.165, 1.54) is 25.3 Å². The van der Waals surface area contributed by atoms with Crippen LogP contribution in [0.3, 0.4) is 0 Å². The lowest BCUT2D eigenvalue weighted by atomic mass is 10.3. The first-order valence-electron chi connectivity index (χ1n) is 5.54. The van der Waals surface area contributed by atoms with Crippen LogP contribution in [-0.2, 0) is 10.0 Å². The minimum Gasteiger partial charge on any atom is -0.495 e. The Bertz CT molecular complexity index is 717. The molecule has 1 N–H and O–H groups in total. The first-order valence-corrected chi connectivity index (χ1v) is 8.20. The minimum atomic E-state index is -3.68. The SMILES string of the molecule is COc1ccc(S(=O)(=O)Nc2ccc(Br)cc2)cc1Cl. The molecular weight excluding hydrogens is 366 g/mol. The van der Waals surface area contributed by atoms with Gasteiger partial charge in [0.2, 0.25) is 0 Å². The van der Waals surface area contributed by atoms with E-state index >= 15 is 0 Å². The summed E-state index contributed by atoms with van der Waals surface area (Å²) in [6.45, 7) is 0. The average molecular weight is 377 g/mol. The first kappa shape index (κ1) is 15.2. The van der Waals surface area contributed by atoms with E-state index in [2.05, 4.69) is 20.7 Å². The lowest BCUT2D eigenvalue weighted by Gasteiger charge is -2.10. The lowest BCUT2D eigenvalue weighted by Crippen LogP contribution is -2.12. The summed E-state index contributed by atoms with van der Waals surface area (Å²) in [6.07, 6.45) is 0. The van der Waals surface area contributed by atoms with Crippen LogP contribution in [0.2, 0.25) is 5.02 Å². The molecule has 0 fully saturated rings. The van der Waals surface area contributed by atoms with Crippen LogP contribution in [0, 0.1) is 0 Å². The number of hydrogen-bond acceptors (Lipinski definition) is 3. The van der Waals surface area contributed by atoms with Crippen molar-refractivity contribution in [2.75, 3.05) is 11.8 Å². The molecule has 0 aromatic heterocycles. The van der Waals surface area contributed by atoms with Gasteiger partial charge in [0.05, 0.1) is 17.0 Å². The number of methoxy groups -OCH3 is 1. The van der Waals surface area contributed by atoms with E-state index in [0.717, 1.165) is 4.47 Å². The Balaban J connectivity index is 2.30. The number of anilines is 1. The van der Waals surface area contributed by atoms with Crippen molar-refractivity contribution < 1.29 is 13.2 Å². The highest BCUT2D eigenvalue weighted by molar-refractivity contribution is 9.10. The van der Waals surface area contributed by atoms with Crippen LogP contribution in [0.25, 0.3) is 0 Å². The van der Waals surface area contributed by atoms with E-state index in [-0.39, 0.29) is 9.92 Å². The highest BCUT2D eigenvalue weighted by Gasteiger charge is 2.16. The molecule has 0 heterocycles. The minimum absolute atomic E-state index is 0.0752. The van der Waals surface area contributed by atoms with Crippen molar-refractivity contribution in [2.24, 2.45) is 0 Å². The average Bonchev–Trinajstić information content (AvgIpc) is 2.41. The number of halogens is 2. The summed E-state index contributed by atoms with van der Waals surface area (Å²) in [5, 5.41) is 0.242. The summed E-state index contributed by atoms with van der Waals surface area (Å²) in [5.74, 6) is 0.425. The fourth-order valence-electron chi connectivity index (χ4n) is 1.55. The van der Waals surface area contributed by atoms with Crippen LogP contribution in [0.15, 0.2) is 51.8 Å². The van der Waals surface area contributed by atoms with E-state index in [0.29, 0.717) is 11.4 Å². The van der Waals surface area contributed by atoms with Crippen LogP contribution in [0.5, 0.6) is 5.75 Å². The molecule has 0 aliphatic heterocycles. The van der Waals surface area contributed by atoms with Crippen molar-refractivity contribution in [1.29, 1.82) is 0 Å². The Morgan fingerprint density at radius 1 is 1.15 bits per heavy atom. The predicted octanol–water partition coefficient (Wildman–Crippen LogP) is 3.91. The molecule has 2 aromatic rings. The second kappa shape index (κ2) is 6.03. The summed E-state index contributed by atoms with van der Waals surface area (Å²) in [4.78, 5) is 0.0752. The molecule has 7 heteroatoms. The molecule has 0 saturated carbocycles. The van der Waals surface area contributed by atoms with Gasteiger partial charge in [0.1, 0.15) is 5.75 Å². The molecule has 0 bridgehead atoms. The summed E-state index contributed by atoms with van der Waals surface area (Å²) in [6, 6.07) is 11.1. The Morgan fingerprint density at radius 3 is 2.35 bits per heavy atom. The third kappa shape index (κ3) is 3.45. The highest BCUT2D eigenvalue weighted by atomic mass is 79.9. The summed E-state index contributed by atoms with van der Waals surface area (Å²) in [7, 11) is -2.21. The van der Waals surface area contributed by atoms with Gasteiger partial charge in [-0.15, -0.1) is 0 Å². The van der Waals surface area contributed by atoms with Crippen LogP contribution in [0.4, 0.5) is 5.69 Å². The smallest absolute Gasteiger partial charge is 0.261 e. The highest BCUT2D eigenvalue weighted by Crippen LogP contribution is 2.28. The monoisotopic (exact) mass is 375 g/mol. The number of nitrogens with one attached hydrogen (secondary N) is 1. The quantitative estimate of drug-likeness (QED) is 0.880. The Morgan fingerprint density at radius 2 is 1.80 bits per heavy atom. The van der Waals surface area contributed by atoms with Gasteiger partial charge in [-0.25, -0.2) is 8.42 Å². The fraction of sp³-hybridized carbons (Fsp3) is 0.0769. The standard InChI is InChI=1S/C13H11BrClNO3S/c1-19-13-7-6-11(8-12(13)15)20(17,18)16-10-4-2-9(14)3-5-10/h2-8,16H,1H3. The summed E-state index contributed by atoms with van der Waals surface area (Å²) >= 11 is 9.22. The van der Waals surface area contributed by atoms with Gasteiger partial charge in [-0.2, -0.15) is 0 Å². The Kier molecular flexibility index (Phi) is 4.57. The lowest BCUT2D eigenvalue weighted by molar-refractivity contribution is 0.414. The van der Waals surface area contributed by atoms with E-state index in [9.17, 15) is 8.42 Å². The molecule has 0 aliphatic carbocycles. The zero-order chi connectivity index (χ0) is 14.8. The molecule has 0 radical (unpaired) electrons. The van der Waals surface area contributed by atoms with Gasteiger partial charge < -0.3 is 4.74 Å². The predicted molar refractivity (Wildman–Crippen MR) is 83.0 cm³/mol. The van der Waals surface area contributed by atoms with Crippen molar-refractivity contribution in [2.45, 2.75) is 4.90 Å². The van der Waals surface area contributed by atoms with E-state index < -0.39 is 10.0 Å². The molecule has 0 atom stereocenters. The molecule has 0 aliphatic rings. The van der Waals surface area contributed by atoms with Crippen molar-refractivity contribution in [1.82, 2.24) is 0 Å². The summed E-state index contributed by atoms with van der Waals surface area (Å²) in [5.41, 5.74) is 0.472. The Hall–Kier alpha value is -1.24. The second-order valence-electron chi connectivity index (χ2n) is 3.91. The first-order chi connectivity index (χ1) is 9.42. The molecule has 0 amide bonds. The maximum absolute atomic E-state index is 12.2. The van der Waals surface area contributed by atoms with Gasteiger partial charge in [0, 0.05) is 10.2 Å². The molecule has 0 spiro atoms. The molecule has 2 rings (SSSR count). The third-order valence-electron chi connectivity index (χ3n) is 2.53. The van der Waals surface area contributed by atoms with Crippen LogP contribution >= 0.6 is 27.5 Å². The number of ether oxygens (including phenoxy) is 1.